The zero-order chi connectivity index (χ0) is 13.8. The van der Waals surface area contributed by atoms with Gasteiger partial charge in [-0.25, -0.2) is 13.6 Å². The zero-order valence-corrected chi connectivity index (χ0v) is 10.6. The Balaban J connectivity index is 2.60. The van der Waals surface area contributed by atoms with E-state index in [4.69, 9.17) is 0 Å². The summed E-state index contributed by atoms with van der Waals surface area (Å²) in [5.41, 5.74) is -0.270. The van der Waals surface area contributed by atoms with Crippen LogP contribution < -0.4 is 10.6 Å². The normalized spacial score (nSPS) is 11.6. The van der Waals surface area contributed by atoms with Crippen LogP contribution in [-0.2, 0) is 0 Å². The first kappa shape index (κ1) is 14.2. The SMILES string of the molecule is CC(C)(C)/C=C/NC(=O)Nc1cc(F)ccc1F. The van der Waals surface area contributed by atoms with E-state index in [1.165, 1.54) is 6.20 Å². The molecule has 98 valence electrons. The van der Waals surface area contributed by atoms with Gasteiger partial charge in [0.2, 0.25) is 0 Å². The van der Waals surface area contributed by atoms with Gasteiger partial charge in [0.1, 0.15) is 11.6 Å². The monoisotopic (exact) mass is 254 g/mol. The van der Waals surface area contributed by atoms with E-state index in [9.17, 15) is 13.6 Å². The first-order valence-corrected chi connectivity index (χ1v) is 5.48. The molecule has 3 nitrogen and oxygen atoms in total. The molecule has 0 atom stereocenters. The maximum atomic E-state index is 13.2. The van der Waals surface area contributed by atoms with Gasteiger partial charge in [0, 0.05) is 12.3 Å². The van der Waals surface area contributed by atoms with Crippen LogP contribution >= 0.6 is 0 Å². The van der Waals surface area contributed by atoms with E-state index in [1.807, 2.05) is 20.8 Å². The predicted octanol–water partition coefficient (Wildman–Crippen LogP) is 3.65. The Hall–Kier alpha value is -1.91. The number of amides is 2. The molecule has 0 aliphatic heterocycles. The molecule has 5 heteroatoms. The number of rotatable bonds is 2. The van der Waals surface area contributed by atoms with Gasteiger partial charge < -0.3 is 10.6 Å². The minimum atomic E-state index is -0.689. The van der Waals surface area contributed by atoms with Gasteiger partial charge in [-0.3, -0.25) is 0 Å². The van der Waals surface area contributed by atoms with Crippen molar-refractivity contribution < 1.29 is 13.6 Å². The fourth-order valence-corrected chi connectivity index (χ4v) is 1.12. The Labute approximate surface area is 105 Å². The first-order chi connectivity index (χ1) is 8.28. The molecule has 1 aromatic rings. The molecule has 1 aromatic carbocycles. The average molecular weight is 254 g/mol. The van der Waals surface area contributed by atoms with Crippen molar-refractivity contribution in [1.29, 1.82) is 0 Å². The van der Waals surface area contributed by atoms with Gasteiger partial charge in [0.05, 0.1) is 5.69 Å². The van der Waals surface area contributed by atoms with E-state index in [0.717, 1.165) is 18.2 Å². The summed E-state index contributed by atoms with van der Waals surface area (Å²) in [5, 5.41) is 4.64. The van der Waals surface area contributed by atoms with Gasteiger partial charge in [-0.05, 0) is 17.5 Å². The molecule has 0 spiro atoms. The highest BCUT2D eigenvalue weighted by molar-refractivity contribution is 5.89. The molecule has 2 N–H and O–H groups in total. The topological polar surface area (TPSA) is 41.1 Å². The van der Waals surface area contributed by atoms with E-state index in [1.54, 1.807) is 6.08 Å². The van der Waals surface area contributed by atoms with Gasteiger partial charge in [-0.2, -0.15) is 0 Å². The average Bonchev–Trinajstić information content (AvgIpc) is 2.21. The lowest BCUT2D eigenvalue weighted by atomic mass is 9.97. The molecule has 0 heterocycles. The minimum absolute atomic E-state index is 0.0720. The Morgan fingerprint density at radius 1 is 1.28 bits per heavy atom. The molecule has 0 radical (unpaired) electrons. The summed E-state index contributed by atoms with van der Waals surface area (Å²) in [6.07, 6.45) is 3.25. The van der Waals surface area contributed by atoms with Crippen molar-refractivity contribution in [2.45, 2.75) is 20.8 Å². The van der Waals surface area contributed by atoms with E-state index in [0.29, 0.717) is 0 Å². The molecule has 0 saturated carbocycles. The number of carbonyl (C=O) groups is 1. The van der Waals surface area contributed by atoms with Crippen LogP contribution in [0.5, 0.6) is 0 Å². The van der Waals surface area contributed by atoms with Crippen molar-refractivity contribution in [3.8, 4) is 0 Å². The van der Waals surface area contributed by atoms with Gasteiger partial charge in [-0.1, -0.05) is 26.8 Å². The van der Waals surface area contributed by atoms with E-state index < -0.39 is 17.7 Å². The van der Waals surface area contributed by atoms with Gasteiger partial charge in [0.15, 0.2) is 0 Å². The summed E-state index contributed by atoms with van der Waals surface area (Å²) in [6, 6.07) is 2.23. The van der Waals surface area contributed by atoms with Crippen LogP contribution in [0.4, 0.5) is 19.3 Å². The maximum Gasteiger partial charge on any atom is 0.323 e. The standard InChI is InChI=1S/C13H16F2N2O/c1-13(2,3)6-7-16-12(18)17-11-8-9(14)4-5-10(11)15/h4-8H,1-3H3,(H2,16,17,18)/b7-6+. The van der Waals surface area contributed by atoms with E-state index in [-0.39, 0.29) is 11.1 Å². The Morgan fingerprint density at radius 3 is 2.56 bits per heavy atom. The van der Waals surface area contributed by atoms with Crippen LogP contribution in [0, 0.1) is 17.0 Å². The molecule has 2 amide bonds. The lowest BCUT2D eigenvalue weighted by molar-refractivity contribution is 0.255. The third-order valence-corrected chi connectivity index (χ3v) is 1.97. The van der Waals surface area contributed by atoms with Crippen LogP contribution in [0.1, 0.15) is 20.8 Å². The number of hydrogen-bond donors (Lipinski definition) is 2. The van der Waals surface area contributed by atoms with E-state index in [2.05, 4.69) is 10.6 Å². The van der Waals surface area contributed by atoms with Gasteiger partial charge >= 0.3 is 6.03 Å². The third kappa shape index (κ3) is 4.95. The van der Waals surface area contributed by atoms with E-state index >= 15 is 0 Å². The highest BCUT2D eigenvalue weighted by Crippen LogP contribution is 2.15. The van der Waals surface area contributed by atoms with Crippen molar-refractivity contribution in [3.05, 3.63) is 42.1 Å². The molecule has 0 aliphatic rings. The van der Waals surface area contributed by atoms with Crippen molar-refractivity contribution in [2.24, 2.45) is 5.41 Å². The second kappa shape index (κ2) is 5.62. The first-order valence-electron chi connectivity index (χ1n) is 5.48. The van der Waals surface area contributed by atoms with Gasteiger partial charge in [0.25, 0.3) is 0 Å². The Morgan fingerprint density at radius 2 is 1.94 bits per heavy atom. The summed E-state index contributed by atoms with van der Waals surface area (Å²) >= 11 is 0. The molecule has 0 fully saturated rings. The molecule has 18 heavy (non-hydrogen) atoms. The number of halogens is 2. The molecule has 0 unspecified atom stereocenters. The van der Waals surface area contributed by atoms with Crippen molar-refractivity contribution in [2.75, 3.05) is 5.32 Å². The third-order valence-electron chi connectivity index (χ3n) is 1.97. The summed E-state index contributed by atoms with van der Waals surface area (Å²) in [6.45, 7) is 5.90. The lowest BCUT2D eigenvalue weighted by Crippen LogP contribution is -2.25. The highest BCUT2D eigenvalue weighted by atomic mass is 19.1. The minimum Gasteiger partial charge on any atom is -0.315 e. The maximum absolute atomic E-state index is 13.2. The van der Waals surface area contributed by atoms with Crippen molar-refractivity contribution in [1.82, 2.24) is 5.32 Å². The molecule has 1 rings (SSSR count). The second-order valence-electron chi connectivity index (χ2n) is 4.92. The molecular weight excluding hydrogens is 238 g/mol. The Kier molecular flexibility index (Phi) is 4.42. The molecule has 0 bridgehead atoms. The number of benzene rings is 1. The van der Waals surface area contributed by atoms with Gasteiger partial charge in [-0.15, -0.1) is 0 Å². The Bertz CT molecular complexity index is 465. The smallest absolute Gasteiger partial charge is 0.315 e. The fraction of sp³-hybridized carbons (Fsp3) is 0.308. The number of allylic oxidation sites excluding steroid dienone is 1. The number of urea groups is 1. The number of hydrogen-bond acceptors (Lipinski definition) is 1. The molecule has 0 aromatic heterocycles. The number of carbonyl (C=O) groups excluding carboxylic acids is 1. The summed E-state index contributed by atoms with van der Waals surface area (Å²) in [7, 11) is 0. The van der Waals surface area contributed by atoms with Crippen LogP contribution in [0.15, 0.2) is 30.5 Å². The second-order valence-corrected chi connectivity index (χ2v) is 4.92. The quantitative estimate of drug-likeness (QED) is 0.831. The summed E-state index contributed by atoms with van der Waals surface area (Å²) in [4.78, 5) is 11.4. The summed E-state index contributed by atoms with van der Waals surface area (Å²) in [5.74, 6) is -1.30. The predicted molar refractivity (Wildman–Crippen MR) is 67.1 cm³/mol. The van der Waals surface area contributed by atoms with Crippen molar-refractivity contribution in [3.63, 3.8) is 0 Å². The highest BCUT2D eigenvalue weighted by Gasteiger charge is 2.07. The summed E-state index contributed by atoms with van der Waals surface area (Å²) < 4.78 is 26.1. The molecule has 0 aliphatic carbocycles. The molecular formula is C13H16F2N2O. The molecule has 0 saturated heterocycles. The zero-order valence-electron chi connectivity index (χ0n) is 10.6. The fourth-order valence-electron chi connectivity index (χ4n) is 1.12. The lowest BCUT2D eigenvalue weighted by Gasteiger charge is -2.11. The van der Waals surface area contributed by atoms with Crippen LogP contribution in [0.2, 0.25) is 0 Å². The van der Waals surface area contributed by atoms with Crippen LogP contribution in [0.25, 0.3) is 0 Å². The van der Waals surface area contributed by atoms with Crippen molar-refractivity contribution >= 4 is 11.7 Å². The largest absolute Gasteiger partial charge is 0.323 e. The van der Waals surface area contributed by atoms with Crippen LogP contribution in [-0.4, -0.2) is 6.03 Å². The number of nitrogens with one attached hydrogen (secondary N) is 2. The van der Waals surface area contributed by atoms with Crippen LogP contribution in [0.3, 0.4) is 0 Å². The number of anilines is 1.